The van der Waals surface area contributed by atoms with Crippen LogP contribution in [0.5, 0.6) is 0 Å². The third-order valence-corrected chi connectivity index (χ3v) is 4.36. The summed E-state index contributed by atoms with van der Waals surface area (Å²) in [6.45, 7) is 1.95. The van der Waals surface area contributed by atoms with Gasteiger partial charge in [0.05, 0.1) is 17.2 Å². The predicted molar refractivity (Wildman–Crippen MR) is 80.9 cm³/mol. The molecule has 0 aliphatic carbocycles. The average Bonchev–Trinajstić information content (AvgIpc) is 2.48. The quantitative estimate of drug-likeness (QED) is 0.859. The number of rotatable bonds is 3. The number of hydrogen-bond donors (Lipinski definition) is 0. The average molecular weight is 271 g/mol. The van der Waals surface area contributed by atoms with Gasteiger partial charge in [-0.25, -0.2) is 4.98 Å². The molecule has 2 aromatic rings. The fourth-order valence-corrected chi connectivity index (χ4v) is 3.13. The number of benzene rings is 1. The van der Waals surface area contributed by atoms with Crippen molar-refractivity contribution < 1.29 is 0 Å². The van der Waals surface area contributed by atoms with Gasteiger partial charge in [-0.1, -0.05) is 18.6 Å². The zero-order chi connectivity index (χ0) is 13.9. The molecule has 0 amide bonds. The van der Waals surface area contributed by atoms with Crippen molar-refractivity contribution in [3.8, 4) is 0 Å². The number of fused-ring (bicyclic) bond motifs is 1. The van der Waals surface area contributed by atoms with Gasteiger partial charge in [0.25, 0.3) is 5.56 Å². The Morgan fingerprint density at radius 1 is 1.30 bits per heavy atom. The van der Waals surface area contributed by atoms with Gasteiger partial charge in [0.15, 0.2) is 0 Å². The Balaban J connectivity index is 1.83. The maximum atomic E-state index is 12.1. The third kappa shape index (κ3) is 2.61. The van der Waals surface area contributed by atoms with E-state index in [-0.39, 0.29) is 5.56 Å². The number of aryl methyl sites for hydroxylation is 1. The van der Waals surface area contributed by atoms with Crippen molar-refractivity contribution in [2.75, 3.05) is 13.6 Å². The molecule has 1 fully saturated rings. The largest absolute Gasteiger partial charge is 0.305 e. The van der Waals surface area contributed by atoms with Crippen LogP contribution in [0.2, 0.25) is 0 Å². The Kier molecular flexibility index (Phi) is 3.83. The first-order valence-electron chi connectivity index (χ1n) is 7.40. The Bertz CT molecular complexity index is 649. The Morgan fingerprint density at radius 3 is 3.00 bits per heavy atom. The van der Waals surface area contributed by atoms with E-state index >= 15 is 0 Å². The topological polar surface area (TPSA) is 38.1 Å². The number of nitrogens with zero attached hydrogens (tertiary/aromatic N) is 3. The molecular formula is C16H21N3O. The van der Waals surface area contributed by atoms with Crippen LogP contribution in [0.1, 0.15) is 25.7 Å². The van der Waals surface area contributed by atoms with Crippen LogP contribution in [-0.2, 0) is 6.54 Å². The molecule has 106 valence electrons. The van der Waals surface area contributed by atoms with Gasteiger partial charge in [-0.15, -0.1) is 0 Å². The summed E-state index contributed by atoms with van der Waals surface area (Å²) < 4.78 is 1.87. The fourth-order valence-electron chi connectivity index (χ4n) is 3.13. The van der Waals surface area contributed by atoms with Crippen LogP contribution >= 0.6 is 0 Å². The third-order valence-electron chi connectivity index (χ3n) is 4.36. The first-order chi connectivity index (χ1) is 9.75. The van der Waals surface area contributed by atoms with Crippen molar-refractivity contribution in [3.63, 3.8) is 0 Å². The van der Waals surface area contributed by atoms with Crippen LogP contribution in [0, 0.1) is 0 Å². The molecular weight excluding hydrogens is 250 g/mol. The van der Waals surface area contributed by atoms with Gasteiger partial charge in [-0.2, -0.15) is 0 Å². The second kappa shape index (κ2) is 5.75. The van der Waals surface area contributed by atoms with Crippen molar-refractivity contribution in [2.24, 2.45) is 0 Å². The van der Waals surface area contributed by atoms with E-state index in [9.17, 15) is 4.79 Å². The molecule has 1 aliphatic rings. The van der Waals surface area contributed by atoms with Crippen LogP contribution in [0.3, 0.4) is 0 Å². The zero-order valence-corrected chi connectivity index (χ0v) is 12.0. The van der Waals surface area contributed by atoms with E-state index < -0.39 is 0 Å². The Hall–Kier alpha value is -1.68. The predicted octanol–water partition coefficient (Wildman–Crippen LogP) is 2.27. The number of aromatic nitrogens is 2. The van der Waals surface area contributed by atoms with Gasteiger partial charge in [0.2, 0.25) is 0 Å². The molecule has 0 unspecified atom stereocenters. The summed E-state index contributed by atoms with van der Waals surface area (Å²) >= 11 is 0. The van der Waals surface area contributed by atoms with Gasteiger partial charge in [0.1, 0.15) is 0 Å². The van der Waals surface area contributed by atoms with Crippen molar-refractivity contribution in [3.05, 3.63) is 40.8 Å². The van der Waals surface area contributed by atoms with Crippen LogP contribution < -0.4 is 5.56 Å². The summed E-state index contributed by atoms with van der Waals surface area (Å²) in [5.74, 6) is 0. The maximum absolute atomic E-state index is 12.1. The lowest BCUT2D eigenvalue weighted by Gasteiger charge is -2.32. The summed E-state index contributed by atoms with van der Waals surface area (Å²) in [5, 5.41) is 0. The lowest BCUT2D eigenvalue weighted by Crippen LogP contribution is -2.37. The number of para-hydroxylation sites is 2. The van der Waals surface area contributed by atoms with E-state index in [1.54, 1.807) is 0 Å². The highest BCUT2D eigenvalue weighted by molar-refractivity contribution is 5.74. The molecule has 20 heavy (non-hydrogen) atoms. The summed E-state index contributed by atoms with van der Waals surface area (Å²) in [7, 11) is 2.19. The molecule has 3 rings (SSSR count). The fraction of sp³-hybridized carbons (Fsp3) is 0.500. The second-order valence-corrected chi connectivity index (χ2v) is 5.66. The monoisotopic (exact) mass is 271 g/mol. The normalized spacial score (nSPS) is 20.4. The Labute approximate surface area is 119 Å². The van der Waals surface area contributed by atoms with Crippen LogP contribution in [0.15, 0.2) is 35.3 Å². The van der Waals surface area contributed by atoms with E-state index in [1.807, 2.05) is 28.8 Å². The van der Waals surface area contributed by atoms with E-state index in [0.29, 0.717) is 6.04 Å². The van der Waals surface area contributed by atoms with Gasteiger partial charge in [-0.3, -0.25) is 4.79 Å². The molecule has 1 aromatic carbocycles. The van der Waals surface area contributed by atoms with Gasteiger partial charge >= 0.3 is 0 Å². The minimum absolute atomic E-state index is 0.00200. The van der Waals surface area contributed by atoms with Crippen molar-refractivity contribution in [1.29, 1.82) is 0 Å². The Morgan fingerprint density at radius 2 is 2.15 bits per heavy atom. The standard InChI is InChI=1S/C16H21N3O/c1-18-10-5-4-6-13(18)9-11-19-15-8-3-2-7-14(15)17-12-16(19)20/h2-3,7-8,12-13H,4-6,9-11H2,1H3/t13-/m1/s1. The number of likely N-dealkylation sites (tertiary alicyclic amines) is 1. The molecule has 4 nitrogen and oxygen atoms in total. The lowest BCUT2D eigenvalue weighted by atomic mass is 10.00. The summed E-state index contributed by atoms with van der Waals surface area (Å²) in [6.07, 6.45) is 6.32. The first-order valence-corrected chi connectivity index (χ1v) is 7.40. The lowest BCUT2D eigenvalue weighted by molar-refractivity contribution is 0.171. The van der Waals surface area contributed by atoms with Gasteiger partial charge in [-0.05, 0) is 45.0 Å². The molecule has 0 radical (unpaired) electrons. The van der Waals surface area contributed by atoms with Gasteiger partial charge in [0, 0.05) is 12.6 Å². The molecule has 2 heterocycles. The molecule has 0 spiro atoms. The minimum atomic E-state index is 0.00200. The molecule has 0 bridgehead atoms. The van der Waals surface area contributed by atoms with E-state index in [4.69, 9.17) is 0 Å². The zero-order valence-electron chi connectivity index (χ0n) is 12.0. The summed E-state index contributed by atoms with van der Waals surface area (Å²) in [4.78, 5) is 18.7. The smallest absolute Gasteiger partial charge is 0.269 e. The van der Waals surface area contributed by atoms with Crippen LogP contribution in [-0.4, -0.2) is 34.1 Å². The molecule has 1 aromatic heterocycles. The number of hydrogen-bond acceptors (Lipinski definition) is 3. The second-order valence-electron chi connectivity index (χ2n) is 5.66. The van der Waals surface area contributed by atoms with Crippen molar-refractivity contribution in [2.45, 2.75) is 38.3 Å². The van der Waals surface area contributed by atoms with E-state index in [0.717, 1.165) is 24.0 Å². The maximum Gasteiger partial charge on any atom is 0.269 e. The van der Waals surface area contributed by atoms with Crippen LogP contribution in [0.4, 0.5) is 0 Å². The minimum Gasteiger partial charge on any atom is -0.305 e. The van der Waals surface area contributed by atoms with Crippen LogP contribution in [0.25, 0.3) is 11.0 Å². The molecule has 4 heteroatoms. The molecule has 0 N–H and O–H groups in total. The highest BCUT2D eigenvalue weighted by atomic mass is 16.1. The summed E-state index contributed by atoms with van der Waals surface area (Å²) in [5.41, 5.74) is 1.84. The highest BCUT2D eigenvalue weighted by Gasteiger charge is 2.18. The summed E-state index contributed by atoms with van der Waals surface area (Å²) in [6, 6.07) is 8.46. The van der Waals surface area contributed by atoms with Gasteiger partial charge < -0.3 is 9.47 Å². The number of piperidine rings is 1. The SMILES string of the molecule is CN1CCCC[C@@H]1CCn1c(=O)cnc2ccccc21. The molecule has 1 aliphatic heterocycles. The molecule has 1 atom stereocenters. The molecule has 0 saturated carbocycles. The van der Waals surface area contributed by atoms with Crippen molar-refractivity contribution >= 4 is 11.0 Å². The highest BCUT2D eigenvalue weighted by Crippen LogP contribution is 2.19. The van der Waals surface area contributed by atoms with Crippen molar-refractivity contribution in [1.82, 2.24) is 14.5 Å². The van der Waals surface area contributed by atoms with E-state index in [1.165, 1.54) is 32.0 Å². The first kappa shape index (κ1) is 13.3. The molecule has 1 saturated heterocycles. The van der Waals surface area contributed by atoms with E-state index in [2.05, 4.69) is 16.9 Å².